The number of amides is 2. The van der Waals surface area contributed by atoms with Gasteiger partial charge in [-0.05, 0) is 5.56 Å². The van der Waals surface area contributed by atoms with Gasteiger partial charge in [-0.15, -0.1) is 0 Å². The van der Waals surface area contributed by atoms with E-state index >= 15 is 0 Å². The van der Waals surface area contributed by atoms with Crippen molar-refractivity contribution in [3.63, 3.8) is 0 Å². The number of rotatable bonds is 4. The number of nitrogens with zero attached hydrogens (tertiary/aromatic N) is 1. The van der Waals surface area contributed by atoms with Crippen LogP contribution in [0.5, 0.6) is 0 Å². The molecular weight excluding hydrogens is 370 g/mol. The van der Waals surface area contributed by atoms with Gasteiger partial charge in [0.2, 0.25) is 11.8 Å². The standard InChI is InChI=1S/C15H14ClN3O5S/c16-8-6-25(24)14-10(13(21)19(14)11(8)15(22)23)18-12(20)9(17)7-4-2-1-3-5-7/h1-6,9-11,14H,17H2,(H,18,20)(H,22,23)/t9-,10-,11?,14-,25?/m1/s1. The molecule has 25 heavy (non-hydrogen) atoms. The van der Waals surface area contributed by atoms with Crippen molar-refractivity contribution in [2.45, 2.75) is 23.5 Å². The Kier molecular flexibility index (Phi) is 4.63. The average Bonchev–Trinajstić information content (AvgIpc) is 2.58. The molecule has 132 valence electrons. The number of carboxylic acid groups (broad SMARTS) is 1. The first kappa shape index (κ1) is 17.6. The van der Waals surface area contributed by atoms with Crippen molar-refractivity contribution < 1.29 is 23.7 Å². The zero-order chi connectivity index (χ0) is 18.3. The minimum Gasteiger partial charge on any atom is -0.479 e. The molecule has 5 atom stereocenters. The van der Waals surface area contributed by atoms with Gasteiger partial charge in [0.05, 0.1) is 15.8 Å². The van der Waals surface area contributed by atoms with Gasteiger partial charge in [-0.25, -0.2) is 4.79 Å². The monoisotopic (exact) mass is 383 g/mol. The van der Waals surface area contributed by atoms with Crippen LogP contribution in [0.15, 0.2) is 40.8 Å². The maximum absolute atomic E-state index is 12.3. The number of halogens is 1. The predicted molar refractivity (Wildman–Crippen MR) is 89.4 cm³/mol. The van der Waals surface area contributed by atoms with Gasteiger partial charge in [0.1, 0.15) is 17.5 Å². The summed E-state index contributed by atoms with van der Waals surface area (Å²) >= 11 is 5.80. The molecule has 2 aliphatic heterocycles. The summed E-state index contributed by atoms with van der Waals surface area (Å²) < 4.78 is 12.2. The fourth-order valence-electron chi connectivity index (χ4n) is 2.81. The van der Waals surface area contributed by atoms with Gasteiger partial charge in [0.15, 0.2) is 6.04 Å². The number of hydrogen-bond donors (Lipinski definition) is 3. The molecule has 1 fully saturated rings. The lowest BCUT2D eigenvalue weighted by Crippen LogP contribution is -2.76. The van der Waals surface area contributed by atoms with Crippen LogP contribution in [0.1, 0.15) is 11.6 Å². The molecule has 4 N–H and O–H groups in total. The highest BCUT2D eigenvalue weighted by Gasteiger charge is 2.58. The fraction of sp³-hybridized carbons (Fsp3) is 0.267. The SMILES string of the molecule is N[C@@H](C(=O)N[C@@H]1C(=O)N2C(C(=O)O)C(Cl)=CS(=O)[C@H]12)c1ccccc1. The average molecular weight is 384 g/mol. The van der Waals surface area contributed by atoms with Crippen LogP contribution in [-0.4, -0.2) is 49.5 Å². The zero-order valence-electron chi connectivity index (χ0n) is 12.7. The van der Waals surface area contributed by atoms with Gasteiger partial charge in [-0.3, -0.25) is 13.8 Å². The topological polar surface area (TPSA) is 130 Å². The lowest BCUT2D eigenvalue weighted by molar-refractivity contribution is -0.160. The van der Waals surface area contributed by atoms with Gasteiger partial charge >= 0.3 is 5.97 Å². The number of carbonyl (C=O) groups excluding carboxylic acids is 2. The molecular formula is C15H14ClN3O5S. The van der Waals surface area contributed by atoms with Crippen LogP contribution in [0.25, 0.3) is 0 Å². The summed E-state index contributed by atoms with van der Waals surface area (Å²) in [6, 6.07) is 5.04. The molecule has 2 unspecified atom stereocenters. The molecule has 0 aliphatic carbocycles. The van der Waals surface area contributed by atoms with E-state index in [-0.39, 0.29) is 5.03 Å². The molecule has 1 saturated heterocycles. The van der Waals surface area contributed by atoms with Crippen molar-refractivity contribution in [1.29, 1.82) is 0 Å². The minimum absolute atomic E-state index is 0.193. The van der Waals surface area contributed by atoms with Crippen molar-refractivity contribution in [2.24, 2.45) is 5.73 Å². The highest BCUT2D eigenvalue weighted by atomic mass is 35.5. The summed E-state index contributed by atoms with van der Waals surface area (Å²) in [7, 11) is -1.73. The van der Waals surface area contributed by atoms with Gasteiger partial charge in [0.25, 0.3) is 0 Å². The molecule has 0 bridgehead atoms. The van der Waals surface area contributed by atoms with Crippen LogP contribution in [0.3, 0.4) is 0 Å². The first-order valence-corrected chi connectivity index (χ1v) is 8.91. The first-order valence-electron chi connectivity index (χ1n) is 7.25. The summed E-state index contributed by atoms with van der Waals surface area (Å²) in [4.78, 5) is 36.8. The second-order valence-electron chi connectivity index (χ2n) is 5.58. The van der Waals surface area contributed by atoms with E-state index in [1.54, 1.807) is 30.3 Å². The zero-order valence-corrected chi connectivity index (χ0v) is 14.2. The van der Waals surface area contributed by atoms with Crippen LogP contribution in [-0.2, 0) is 25.2 Å². The van der Waals surface area contributed by atoms with Crippen LogP contribution in [0.2, 0.25) is 0 Å². The van der Waals surface area contributed by atoms with Gasteiger partial charge in [-0.2, -0.15) is 0 Å². The molecule has 1 aromatic rings. The van der Waals surface area contributed by atoms with Gasteiger partial charge < -0.3 is 21.1 Å². The van der Waals surface area contributed by atoms with E-state index in [1.807, 2.05) is 0 Å². The molecule has 2 heterocycles. The third-order valence-electron chi connectivity index (χ3n) is 4.06. The van der Waals surface area contributed by atoms with Gasteiger partial charge in [0, 0.05) is 5.41 Å². The molecule has 0 aromatic heterocycles. The summed E-state index contributed by atoms with van der Waals surface area (Å²) in [6.07, 6.45) is 0. The van der Waals surface area contributed by atoms with E-state index < -0.39 is 52.1 Å². The van der Waals surface area contributed by atoms with E-state index in [2.05, 4.69) is 5.32 Å². The number of carboxylic acids is 1. The van der Waals surface area contributed by atoms with Crippen molar-refractivity contribution in [3.8, 4) is 0 Å². The molecule has 10 heteroatoms. The summed E-state index contributed by atoms with van der Waals surface area (Å²) in [6.45, 7) is 0. The number of carbonyl (C=O) groups is 3. The Morgan fingerprint density at radius 3 is 2.56 bits per heavy atom. The second-order valence-corrected chi connectivity index (χ2v) is 7.39. The van der Waals surface area contributed by atoms with Crippen LogP contribution >= 0.6 is 11.6 Å². The summed E-state index contributed by atoms with van der Waals surface area (Å²) in [5.74, 6) is -2.61. The van der Waals surface area contributed by atoms with Crippen molar-refractivity contribution >= 4 is 40.2 Å². The number of fused-ring (bicyclic) bond motifs is 1. The number of β-lactam (4-membered cyclic amide) rings is 1. The number of aliphatic carboxylic acids is 1. The summed E-state index contributed by atoms with van der Waals surface area (Å²) in [5.41, 5.74) is 6.43. The number of benzene rings is 1. The smallest absolute Gasteiger partial charge is 0.332 e. The minimum atomic E-state index is -1.73. The Labute approximate surface area is 150 Å². The Morgan fingerprint density at radius 1 is 1.32 bits per heavy atom. The Morgan fingerprint density at radius 2 is 1.96 bits per heavy atom. The fourth-order valence-corrected chi connectivity index (χ4v) is 4.66. The maximum atomic E-state index is 12.3. The second kappa shape index (κ2) is 6.58. The third-order valence-corrected chi connectivity index (χ3v) is 5.97. The largest absolute Gasteiger partial charge is 0.479 e. The molecule has 3 rings (SSSR count). The normalized spacial score (nSPS) is 29.1. The van der Waals surface area contributed by atoms with Crippen molar-refractivity contribution in [2.75, 3.05) is 0 Å². The Hall–Kier alpha value is -2.23. The molecule has 0 saturated carbocycles. The van der Waals surface area contributed by atoms with E-state index in [0.29, 0.717) is 5.56 Å². The van der Waals surface area contributed by atoms with E-state index in [4.69, 9.17) is 17.3 Å². The van der Waals surface area contributed by atoms with Crippen LogP contribution < -0.4 is 11.1 Å². The number of nitrogens with one attached hydrogen (secondary N) is 1. The van der Waals surface area contributed by atoms with Crippen molar-refractivity contribution in [1.82, 2.24) is 10.2 Å². The van der Waals surface area contributed by atoms with Crippen LogP contribution in [0.4, 0.5) is 0 Å². The lowest BCUT2D eigenvalue weighted by Gasteiger charge is -2.50. The highest BCUT2D eigenvalue weighted by molar-refractivity contribution is 7.88. The van der Waals surface area contributed by atoms with E-state index in [1.165, 1.54) is 0 Å². The quantitative estimate of drug-likeness (QED) is 0.608. The third kappa shape index (κ3) is 2.94. The Balaban J connectivity index is 1.77. The molecule has 0 radical (unpaired) electrons. The molecule has 0 spiro atoms. The highest BCUT2D eigenvalue weighted by Crippen LogP contribution is 2.35. The molecule has 8 nitrogen and oxygen atoms in total. The van der Waals surface area contributed by atoms with E-state index in [9.17, 15) is 23.7 Å². The van der Waals surface area contributed by atoms with Crippen molar-refractivity contribution in [3.05, 3.63) is 46.3 Å². The number of hydrogen-bond acceptors (Lipinski definition) is 5. The first-order chi connectivity index (χ1) is 11.8. The molecule has 1 aromatic carbocycles. The van der Waals surface area contributed by atoms with Crippen LogP contribution in [0, 0.1) is 0 Å². The van der Waals surface area contributed by atoms with E-state index in [0.717, 1.165) is 10.3 Å². The molecule has 2 amide bonds. The lowest BCUT2D eigenvalue weighted by atomic mass is 10.0. The summed E-state index contributed by atoms with van der Waals surface area (Å²) in [5, 5.41) is 11.6. The number of nitrogens with two attached hydrogens (primary N) is 1. The van der Waals surface area contributed by atoms with Gasteiger partial charge in [-0.1, -0.05) is 41.9 Å². The Bertz CT molecular complexity index is 800. The predicted octanol–water partition coefficient (Wildman–Crippen LogP) is -0.365. The maximum Gasteiger partial charge on any atom is 0.332 e. The molecule has 2 aliphatic rings.